The number of rotatable bonds is 4. The summed E-state index contributed by atoms with van der Waals surface area (Å²) < 4.78 is 18.1. The Morgan fingerprint density at radius 2 is 2.15 bits per heavy atom. The summed E-state index contributed by atoms with van der Waals surface area (Å²) >= 11 is 0. The van der Waals surface area contributed by atoms with Crippen molar-refractivity contribution in [3.05, 3.63) is 33.6 Å². The van der Waals surface area contributed by atoms with Gasteiger partial charge in [0.1, 0.15) is 11.5 Å². The number of nitrogens with zero attached hydrogens (tertiary/aromatic N) is 1. The van der Waals surface area contributed by atoms with Gasteiger partial charge >= 0.3 is 5.97 Å². The first kappa shape index (κ1) is 15.4. The maximum absolute atomic E-state index is 13.7. The maximum Gasteiger partial charge on any atom is 0.340 e. The molecule has 0 amide bonds. The van der Waals surface area contributed by atoms with E-state index in [0.29, 0.717) is 6.07 Å². The van der Waals surface area contributed by atoms with Gasteiger partial charge in [-0.05, 0) is 19.9 Å². The molecule has 0 heterocycles. The van der Waals surface area contributed by atoms with E-state index in [1.807, 2.05) is 0 Å². The number of hydrogen-bond acceptors (Lipinski definition) is 5. The normalized spacial score (nSPS) is 10.6. The molecule has 1 aromatic carbocycles. The fourth-order valence-electron chi connectivity index (χ4n) is 1.45. The number of halogens is 1. The molecule has 0 saturated heterocycles. The summed E-state index contributed by atoms with van der Waals surface area (Å²) in [5.74, 6) is 0.423. The van der Waals surface area contributed by atoms with Gasteiger partial charge in [-0.1, -0.05) is 5.92 Å². The van der Waals surface area contributed by atoms with Crippen molar-refractivity contribution in [3.8, 4) is 12.3 Å². The highest BCUT2D eigenvalue weighted by molar-refractivity contribution is 5.92. The summed E-state index contributed by atoms with van der Waals surface area (Å²) in [6.45, 7) is 3.22. The van der Waals surface area contributed by atoms with E-state index < -0.39 is 33.5 Å². The molecule has 20 heavy (non-hydrogen) atoms. The molecular formula is C13H13FN2O4. The fraction of sp³-hybridized carbons (Fsp3) is 0.308. The number of anilines is 1. The van der Waals surface area contributed by atoms with E-state index >= 15 is 0 Å². The highest BCUT2D eigenvalue weighted by Gasteiger charge is 2.25. The van der Waals surface area contributed by atoms with Crippen molar-refractivity contribution in [2.75, 3.05) is 12.4 Å². The summed E-state index contributed by atoms with van der Waals surface area (Å²) in [6.07, 6.45) is 5.29. The van der Waals surface area contributed by atoms with Crippen LogP contribution in [0.3, 0.4) is 0 Å². The minimum atomic E-state index is -1.03. The van der Waals surface area contributed by atoms with Gasteiger partial charge in [0.2, 0.25) is 0 Å². The Hall–Kier alpha value is -2.62. The number of carbonyl (C=O) groups is 1. The summed E-state index contributed by atoms with van der Waals surface area (Å²) in [5.41, 5.74) is -1.89. The van der Waals surface area contributed by atoms with Gasteiger partial charge in [0.15, 0.2) is 0 Å². The van der Waals surface area contributed by atoms with E-state index in [1.165, 1.54) is 0 Å². The van der Waals surface area contributed by atoms with Crippen molar-refractivity contribution in [1.82, 2.24) is 0 Å². The first-order valence-corrected chi connectivity index (χ1v) is 5.54. The SMILES string of the molecule is C#CC(C)(C)Nc1cc(C(=O)OC)c(F)cc1[N+](=O)[O-]. The number of nitro benzene ring substituents is 1. The van der Waals surface area contributed by atoms with Crippen LogP contribution in [-0.4, -0.2) is 23.5 Å². The lowest BCUT2D eigenvalue weighted by Crippen LogP contribution is -2.29. The second kappa shape index (κ2) is 5.57. The van der Waals surface area contributed by atoms with Gasteiger partial charge in [-0.15, -0.1) is 6.42 Å². The van der Waals surface area contributed by atoms with Crippen LogP contribution in [0.15, 0.2) is 12.1 Å². The molecule has 0 aromatic heterocycles. The quantitative estimate of drug-likeness (QED) is 0.396. The van der Waals surface area contributed by atoms with Crippen LogP contribution in [0.4, 0.5) is 15.8 Å². The third-order valence-corrected chi connectivity index (χ3v) is 2.50. The maximum atomic E-state index is 13.7. The molecule has 0 fully saturated rings. The third kappa shape index (κ3) is 3.23. The van der Waals surface area contributed by atoms with Crippen molar-refractivity contribution in [2.24, 2.45) is 0 Å². The summed E-state index contributed by atoms with van der Waals surface area (Å²) in [6, 6.07) is 1.67. The number of carbonyl (C=O) groups excluding carboxylic acids is 1. The Morgan fingerprint density at radius 1 is 1.55 bits per heavy atom. The van der Waals surface area contributed by atoms with Gasteiger partial charge in [-0.3, -0.25) is 10.1 Å². The van der Waals surface area contributed by atoms with Crippen LogP contribution in [-0.2, 0) is 4.74 Å². The zero-order valence-corrected chi connectivity index (χ0v) is 11.2. The number of nitrogens with one attached hydrogen (secondary N) is 1. The van der Waals surface area contributed by atoms with Crippen LogP contribution >= 0.6 is 0 Å². The molecule has 106 valence electrons. The van der Waals surface area contributed by atoms with Crippen molar-refractivity contribution < 1.29 is 18.8 Å². The van der Waals surface area contributed by atoms with Gasteiger partial charge in [0.05, 0.1) is 29.2 Å². The zero-order chi connectivity index (χ0) is 15.5. The van der Waals surface area contributed by atoms with Crippen molar-refractivity contribution in [2.45, 2.75) is 19.4 Å². The molecule has 7 heteroatoms. The number of esters is 1. The van der Waals surface area contributed by atoms with Crippen LogP contribution in [0.2, 0.25) is 0 Å². The van der Waals surface area contributed by atoms with Crippen molar-refractivity contribution in [1.29, 1.82) is 0 Å². The van der Waals surface area contributed by atoms with Crippen LogP contribution in [0, 0.1) is 28.3 Å². The summed E-state index contributed by atoms with van der Waals surface area (Å²) in [7, 11) is 1.08. The van der Waals surface area contributed by atoms with Crippen LogP contribution < -0.4 is 5.32 Å². The van der Waals surface area contributed by atoms with Gasteiger partial charge < -0.3 is 10.1 Å². The average molecular weight is 280 g/mol. The molecule has 6 nitrogen and oxygen atoms in total. The largest absolute Gasteiger partial charge is 0.465 e. The second-order valence-corrected chi connectivity index (χ2v) is 4.49. The summed E-state index contributed by atoms with van der Waals surface area (Å²) in [4.78, 5) is 21.6. The number of methoxy groups -OCH3 is 1. The molecule has 0 radical (unpaired) electrons. The van der Waals surface area contributed by atoms with E-state index in [-0.39, 0.29) is 5.69 Å². The van der Waals surface area contributed by atoms with Gasteiger partial charge in [-0.2, -0.15) is 0 Å². The first-order chi connectivity index (χ1) is 9.21. The van der Waals surface area contributed by atoms with E-state index in [4.69, 9.17) is 6.42 Å². The topological polar surface area (TPSA) is 81.5 Å². The van der Waals surface area contributed by atoms with Crippen LogP contribution in [0.5, 0.6) is 0 Å². The van der Waals surface area contributed by atoms with Gasteiger partial charge in [0.25, 0.3) is 5.69 Å². The monoisotopic (exact) mass is 280 g/mol. The number of ether oxygens (including phenoxy) is 1. The number of terminal acetylenes is 1. The van der Waals surface area contributed by atoms with Crippen LogP contribution in [0.1, 0.15) is 24.2 Å². The molecule has 1 rings (SSSR count). The molecule has 0 aliphatic rings. The molecular weight excluding hydrogens is 267 g/mol. The zero-order valence-electron chi connectivity index (χ0n) is 11.2. The predicted molar refractivity (Wildman–Crippen MR) is 70.9 cm³/mol. The smallest absolute Gasteiger partial charge is 0.340 e. The standard InChI is InChI=1S/C13H13FN2O4/c1-5-13(2,3)15-10-6-8(12(17)20-4)9(14)7-11(10)16(18)19/h1,6-7,15H,2-4H3. The molecule has 0 aliphatic carbocycles. The first-order valence-electron chi connectivity index (χ1n) is 5.54. The molecule has 0 bridgehead atoms. The Morgan fingerprint density at radius 3 is 2.60 bits per heavy atom. The molecule has 0 unspecified atom stereocenters. The highest BCUT2D eigenvalue weighted by Crippen LogP contribution is 2.30. The summed E-state index contributed by atoms with van der Waals surface area (Å²) in [5, 5.41) is 13.6. The lowest BCUT2D eigenvalue weighted by Gasteiger charge is -2.21. The second-order valence-electron chi connectivity index (χ2n) is 4.49. The minimum absolute atomic E-state index is 0.0558. The van der Waals surface area contributed by atoms with Gasteiger partial charge in [-0.25, -0.2) is 9.18 Å². The van der Waals surface area contributed by atoms with E-state index in [2.05, 4.69) is 16.0 Å². The lowest BCUT2D eigenvalue weighted by atomic mass is 10.0. The van der Waals surface area contributed by atoms with E-state index in [9.17, 15) is 19.3 Å². The van der Waals surface area contributed by atoms with E-state index in [0.717, 1.165) is 13.2 Å². The minimum Gasteiger partial charge on any atom is -0.465 e. The van der Waals surface area contributed by atoms with Crippen LogP contribution in [0.25, 0.3) is 0 Å². The molecule has 0 atom stereocenters. The van der Waals surface area contributed by atoms with Crippen molar-refractivity contribution in [3.63, 3.8) is 0 Å². The Kier molecular flexibility index (Phi) is 4.30. The Balaban J connectivity index is 3.43. The number of hydrogen-bond donors (Lipinski definition) is 1. The molecule has 1 N–H and O–H groups in total. The van der Waals surface area contributed by atoms with E-state index in [1.54, 1.807) is 13.8 Å². The molecule has 1 aromatic rings. The lowest BCUT2D eigenvalue weighted by molar-refractivity contribution is -0.384. The Bertz CT molecular complexity index is 605. The van der Waals surface area contributed by atoms with Crippen molar-refractivity contribution >= 4 is 17.3 Å². The fourth-order valence-corrected chi connectivity index (χ4v) is 1.45. The molecule has 0 saturated carbocycles. The molecule has 0 aliphatic heterocycles. The average Bonchev–Trinajstić information content (AvgIpc) is 2.39. The number of benzene rings is 1. The van der Waals surface area contributed by atoms with Gasteiger partial charge in [0, 0.05) is 0 Å². The Labute approximate surface area is 115 Å². The third-order valence-electron chi connectivity index (χ3n) is 2.50. The highest BCUT2D eigenvalue weighted by atomic mass is 19.1. The predicted octanol–water partition coefficient (Wildman–Crippen LogP) is 2.34. The molecule has 0 spiro atoms. The number of nitro groups is 1.